The summed E-state index contributed by atoms with van der Waals surface area (Å²) < 4.78 is 0. The summed E-state index contributed by atoms with van der Waals surface area (Å²) in [5.41, 5.74) is 13.3. The predicted molar refractivity (Wildman–Crippen MR) is 82.9 cm³/mol. The summed E-state index contributed by atoms with van der Waals surface area (Å²) in [4.78, 5) is 21.6. The van der Waals surface area contributed by atoms with Gasteiger partial charge in [0, 0.05) is 0 Å². The highest BCUT2D eigenvalue weighted by Crippen LogP contribution is 2.19. The van der Waals surface area contributed by atoms with Crippen LogP contribution in [-0.4, -0.2) is 11.8 Å². The molecule has 6 heteroatoms. The van der Waals surface area contributed by atoms with E-state index in [1.807, 2.05) is 0 Å². The lowest BCUT2D eigenvalue weighted by atomic mass is 10.1. The summed E-state index contributed by atoms with van der Waals surface area (Å²) in [7, 11) is 0. The highest BCUT2D eigenvalue weighted by molar-refractivity contribution is 5.77. The average molecular weight is 296 g/mol. The SMILES string of the molecule is NC(=O)Cc1ccc(N=Nc2ccc(CC(N)=O)cc2)cc1. The van der Waals surface area contributed by atoms with Gasteiger partial charge in [0.25, 0.3) is 0 Å². The van der Waals surface area contributed by atoms with Gasteiger partial charge in [-0.2, -0.15) is 10.2 Å². The van der Waals surface area contributed by atoms with Crippen molar-refractivity contribution in [1.29, 1.82) is 0 Å². The molecule has 22 heavy (non-hydrogen) atoms. The highest BCUT2D eigenvalue weighted by Gasteiger charge is 1.99. The van der Waals surface area contributed by atoms with Crippen LogP contribution >= 0.6 is 0 Å². The van der Waals surface area contributed by atoms with Gasteiger partial charge in [-0.3, -0.25) is 9.59 Å². The molecule has 0 saturated carbocycles. The first-order valence-electron chi connectivity index (χ1n) is 6.69. The predicted octanol–water partition coefficient (Wildman–Crippen LogP) is 2.16. The molecule has 2 aromatic rings. The number of nitrogens with two attached hydrogens (primary N) is 2. The molecule has 2 aromatic carbocycles. The summed E-state index contributed by atoms with van der Waals surface area (Å²) in [6, 6.07) is 14.2. The number of carbonyl (C=O) groups excluding carboxylic acids is 2. The zero-order valence-corrected chi connectivity index (χ0v) is 11.9. The van der Waals surface area contributed by atoms with Crippen molar-refractivity contribution in [2.45, 2.75) is 12.8 Å². The van der Waals surface area contributed by atoms with Crippen LogP contribution in [0.2, 0.25) is 0 Å². The lowest BCUT2D eigenvalue weighted by Gasteiger charge is -1.99. The van der Waals surface area contributed by atoms with Crippen LogP contribution in [0.1, 0.15) is 11.1 Å². The maximum atomic E-state index is 10.8. The third-order valence-corrected chi connectivity index (χ3v) is 2.91. The maximum Gasteiger partial charge on any atom is 0.221 e. The first-order chi connectivity index (χ1) is 10.5. The Morgan fingerprint density at radius 1 is 0.682 bits per heavy atom. The molecule has 0 heterocycles. The first-order valence-corrected chi connectivity index (χ1v) is 6.69. The van der Waals surface area contributed by atoms with E-state index in [0.29, 0.717) is 11.4 Å². The maximum absolute atomic E-state index is 10.8. The van der Waals surface area contributed by atoms with Crippen molar-refractivity contribution in [1.82, 2.24) is 0 Å². The topological polar surface area (TPSA) is 111 Å². The molecule has 0 aliphatic heterocycles. The fourth-order valence-corrected chi connectivity index (χ4v) is 1.88. The number of hydrogen-bond acceptors (Lipinski definition) is 4. The Balaban J connectivity index is 2.01. The molecule has 0 radical (unpaired) electrons. The van der Waals surface area contributed by atoms with Crippen molar-refractivity contribution in [3.05, 3.63) is 59.7 Å². The Bertz CT molecular complexity index is 630. The lowest BCUT2D eigenvalue weighted by Crippen LogP contribution is -2.13. The number of nitrogens with zero attached hydrogens (tertiary/aromatic N) is 2. The summed E-state index contributed by atoms with van der Waals surface area (Å²) >= 11 is 0. The molecule has 0 saturated heterocycles. The van der Waals surface area contributed by atoms with Gasteiger partial charge in [-0.15, -0.1) is 0 Å². The van der Waals surface area contributed by atoms with Crippen LogP contribution in [0.25, 0.3) is 0 Å². The van der Waals surface area contributed by atoms with E-state index in [-0.39, 0.29) is 24.7 Å². The third-order valence-electron chi connectivity index (χ3n) is 2.91. The molecular formula is C16H16N4O2. The number of amides is 2. The number of carbonyl (C=O) groups is 2. The second-order valence-corrected chi connectivity index (χ2v) is 4.82. The van der Waals surface area contributed by atoms with E-state index in [1.165, 1.54) is 0 Å². The number of primary amides is 2. The summed E-state index contributed by atoms with van der Waals surface area (Å²) in [6.45, 7) is 0. The van der Waals surface area contributed by atoms with Gasteiger partial charge in [0.2, 0.25) is 11.8 Å². The second-order valence-electron chi connectivity index (χ2n) is 4.82. The van der Waals surface area contributed by atoms with Crippen molar-refractivity contribution in [2.75, 3.05) is 0 Å². The fraction of sp³-hybridized carbons (Fsp3) is 0.125. The Labute approximate surface area is 127 Å². The van der Waals surface area contributed by atoms with E-state index in [1.54, 1.807) is 48.5 Å². The highest BCUT2D eigenvalue weighted by atomic mass is 16.1. The van der Waals surface area contributed by atoms with Crippen LogP contribution in [0.15, 0.2) is 58.8 Å². The average Bonchev–Trinajstić information content (AvgIpc) is 2.47. The van der Waals surface area contributed by atoms with Gasteiger partial charge >= 0.3 is 0 Å². The van der Waals surface area contributed by atoms with Crippen molar-refractivity contribution < 1.29 is 9.59 Å². The molecule has 2 amide bonds. The Morgan fingerprint density at radius 3 is 1.27 bits per heavy atom. The van der Waals surface area contributed by atoms with E-state index in [4.69, 9.17) is 11.5 Å². The molecule has 0 aromatic heterocycles. The van der Waals surface area contributed by atoms with Crippen molar-refractivity contribution in [3.63, 3.8) is 0 Å². The largest absolute Gasteiger partial charge is 0.369 e. The Hall–Kier alpha value is -3.02. The standard InChI is InChI=1S/C16H16N4O2/c17-15(21)9-11-1-5-13(6-2-11)19-20-14-7-3-12(4-8-14)10-16(18)22/h1-8H,9-10H2,(H2,17,21)(H2,18,22). The normalized spacial score (nSPS) is 10.7. The quantitative estimate of drug-likeness (QED) is 0.796. The van der Waals surface area contributed by atoms with Crippen molar-refractivity contribution >= 4 is 23.2 Å². The van der Waals surface area contributed by atoms with Crippen LogP contribution in [0.4, 0.5) is 11.4 Å². The molecule has 0 spiro atoms. The van der Waals surface area contributed by atoms with E-state index in [2.05, 4.69) is 10.2 Å². The van der Waals surface area contributed by atoms with Crippen LogP contribution in [0.3, 0.4) is 0 Å². The second kappa shape index (κ2) is 7.12. The van der Waals surface area contributed by atoms with Gasteiger partial charge in [-0.1, -0.05) is 24.3 Å². The monoisotopic (exact) mass is 296 g/mol. The molecule has 0 aliphatic rings. The van der Waals surface area contributed by atoms with Crippen LogP contribution < -0.4 is 11.5 Å². The van der Waals surface area contributed by atoms with Gasteiger partial charge in [0.15, 0.2) is 0 Å². The first kappa shape index (κ1) is 15.4. The molecule has 0 fully saturated rings. The third kappa shape index (κ3) is 4.82. The smallest absolute Gasteiger partial charge is 0.221 e. The number of azo groups is 1. The molecule has 0 unspecified atom stereocenters. The van der Waals surface area contributed by atoms with Gasteiger partial charge in [-0.05, 0) is 35.4 Å². The minimum atomic E-state index is -0.370. The lowest BCUT2D eigenvalue weighted by molar-refractivity contribution is -0.118. The molecule has 112 valence electrons. The van der Waals surface area contributed by atoms with Crippen LogP contribution in [-0.2, 0) is 22.4 Å². The summed E-state index contributed by atoms with van der Waals surface area (Å²) in [6.07, 6.45) is 0.414. The molecule has 4 N–H and O–H groups in total. The number of rotatable bonds is 6. The van der Waals surface area contributed by atoms with E-state index in [0.717, 1.165) is 11.1 Å². The summed E-state index contributed by atoms with van der Waals surface area (Å²) in [5, 5.41) is 8.21. The van der Waals surface area contributed by atoms with E-state index < -0.39 is 0 Å². The molecule has 0 atom stereocenters. The van der Waals surface area contributed by atoms with Gasteiger partial charge in [0.05, 0.1) is 24.2 Å². The van der Waals surface area contributed by atoms with Gasteiger partial charge < -0.3 is 11.5 Å². The number of benzene rings is 2. The van der Waals surface area contributed by atoms with Gasteiger partial charge in [-0.25, -0.2) is 0 Å². The fourth-order valence-electron chi connectivity index (χ4n) is 1.88. The minimum absolute atomic E-state index is 0.207. The molecule has 2 rings (SSSR count). The molecular weight excluding hydrogens is 280 g/mol. The molecule has 0 bridgehead atoms. The Kier molecular flexibility index (Phi) is 4.98. The number of hydrogen-bond donors (Lipinski definition) is 2. The zero-order chi connectivity index (χ0) is 15.9. The van der Waals surface area contributed by atoms with E-state index >= 15 is 0 Å². The Morgan fingerprint density at radius 2 is 1.00 bits per heavy atom. The molecule has 6 nitrogen and oxygen atoms in total. The van der Waals surface area contributed by atoms with Crippen LogP contribution in [0, 0.1) is 0 Å². The summed E-state index contributed by atoms with van der Waals surface area (Å²) in [5.74, 6) is -0.740. The van der Waals surface area contributed by atoms with Crippen molar-refractivity contribution in [3.8, 4) is 0 Å². The van der Waals surface area contributed by atoms with Crippen molar-refractivity contribution in [2.24, 2.45) is 21.7 Å². The minimum Gasteiger partial charge on any atom is -0.369 e. The van der Waals surface area contributed by atoms with Gasteiger partial charge in [0.1, 0.15) is 0 Å². The molecule has 0 aliphatic carbocycles. The van der Waals surface area contributed by atoms with E-state index in [9.17, 15) is 9.59 Å². The van der Waals surface area contributed by atoms with Crippen LogP contribution in [0.5, 0.6) is 0 Å². The zero-order valence-electron chi connectivity index (χ0n) is 11.9.